The lowest BCUT2D eigenvalue weighted by molar-refractivity contribution is -0.332. The Morgan fingerprint density at radius 2 is 0.783 bits per heavy atom. The van der Waals surface area contributed by atoms with E-state index in [2.05, 4.69) is 135 Å². The van der Waals surface area contributed by atoms with Crippen molar-refractivity contribution in [2.75, 3.05) is 33.0 Å². The van der Waals surface area contributed by atoms with Crippen LogP contribution in [-0.4, -0.2) is 142 Å². The highest BCUT2D eigenvalue weighted by molar-refractivity contribution is 5.69. The molecule has 474 valence electrons. The lowest BCUT2D eigenvalue weighted by atomic mass is 9.98. The second-order valence-electron chi connectivity index (χ2n) is 21.8. The monoisotopic (exact) mass is 1170 g/mol. The van der Waals surface area contributed by atoms with Crippen LogP contribution >= 0.6 is 0 Å². The van der Waals surface area contributed by atoms with Crippen LogP contribution in [0.4, 0.5) is 0 Å². The zero-order valence-corrected chi connectivity index (χ0v) is 51.1. The first-order valence-corrected chi connectivity index (χ1v) is 32.1. The summed E-state index contributed by atoms with van der Waals surface area (Å²) in [5, 5.41) is 72.5. The maximum absolute atomic E-state index is 13.1. The van der Waals surface area contributed by atoms with Crippen molar-refractivity contribution >= 4 is 5.97 Å². The summed E-state index contributed by atoms with van der Waals surface area (Å²) in [6, 6.07) is 0. The molecule has 2 fully saturated rings. The van der Waals surface area contributed by atoms with Crippen molar-refractivity contribution in [2.24, 2.45) is 0 Å². The van der Waals surface area contributed by atoms with Crippen molar-refractivity contribution in [1.29, 1.82) is 0 Å². The second-order valence-corrected chi connectivity index (χ2v) is 21.8. The minimum absolute atomic E-state index is 0.0217. The molecule has 0 aromatic carbocycles. The van der Waals surface area contributed by atoms with E-state index in [-0.39, 0.29) is 19.6 Å². The highest BCUT2D eigenvalue weighted by atomic mass is 16.7. The third-order valence-corrected chi connectivity index (χ3v) is 14.5. The molecule has 2 rings (SSSR count). The molecule has 14 heteroatoms. The van der Waals surface area contributed by atoms with Crippen LogP contribution in [0.3, 0.4) is 0 Å². The normalized spacial score (nSPS) is 24.3. The smallest absolute Gasteiger partial charge is 0.306 e. The highest BCUT2D eigenvalue weighted by Crippen LogP contribution is 2.27. The van der Waals surface area contributed by atoms with Gasteiger partial charge in [-0.1, -0.05) is 212 Å². The molecule has 0 amide bonds. The van der Waals surface area contributed by atoms with Crippen molar-refractivity contribution in [3.8, 4) is 0 Å². The first-order chi connectivity index (χ1) is 40.6. The van der Waals surface area contributed by atoms with E-state index in [9.17, 15) is 40.5 Å². The first-order valence-electron chi connectivity index (χ1n) is 32.1. The molecule has 0 bridgehead atoms. The fourth-order valence-electron chi connectivity index (χ4n) is 9.33. The molecule has 2 aliphatic rings. The summed E-state index contributed by atoms with van der Waals surface area (Å²) in [5.41, 5.74) is 0. The van der Waals surface area contributed by atoms with Gasteiger partial charge in [0, 0.05) is 13.0 Å². The Balaban J connectivity index is 1.71. The quantitative estimate of drug-likeness (QED) is 0.0172. The van der Waals surface area contributed by atoms with E-state index in [0.29, 0.717) is 13.0 Å². The lowest BCUT2D eigenvalue weighted by Crippen LogP contribution is -2.61. The Labute approximate surface area is 501 Å². The summed E-state index contributed by atoms with van der Waals surface area (Å²) in [4.78, 5) is 13.1. The molecule has 0 radical (unpaired) electrons. The van der Waals surface area contributed by atoms with Crippen LogP contribution < -0.4 is 0 Å². The average Bonchev–Trinajstić information content (AvgIpc) is 3.67. The Kier molecular flexibility index (Phi) is 49.0. The number of aliphatic hydroxyl groups excluding tert-OH is 7. The topological polar surface area (TPSA) is 214 Å². The predicted molar refractivity (Wildman–Crippen MR) is 334 cm³/mol. The van der Waals surface area contributed by atoms with Crippen LogP contribution in [0.1, 0.15) is 206 Å². The molecular weight excluding hydrogens is 1050 g/mol. The molecule has 11 atom stereocenters. The Hall–Kier alpha value is -3.61. The van der Waals surface area contributed by atoms with E-state index < -0.39 is 86.7 Å². The van der Waals surface area contributed by atoms with Crippen LogP contribution in [0.15, 0.2) is 122 Å². The zero-order chi connectivity index (χ0) is 60.1. The van der Waals surface area contributed by atoms with Crippen molar-refractivity contribution in [1.82, 2.24) is 0 Å². The number of allylic oxidation sites excluding steroid dienone is 20. The van der Waals surface area contributed by atoms with Crippen LogP contribution in [0, 0.1) is 0 Å². The van der Waals surface area contributed by atoms with E-state index in [1.165, 1.54) is 77.0 Å². The van der Waals surface area contributed by atoms with Gasteiger partial charge in [-0.25, -0.2) is 0 Å². The molecule has 7 N–H and O–H groups in total. The first kappa shape index (κ1) is 75.5. The number of ether oxygens (including phenoxy) is 6. The third-order valence-electron chi connectivity index (χ3n) is 14.5. The minimum atomic E-state index is -1.72. The fourth-order valence-corrected chi connectivity index (χ4v) is 9.33. The van der Waals surface area contributed by atoms with Crippen molar-refractivity contribution in [3.63, 3.8) is 0 Å². The molecule has 2 saturated heterocycles. The van der Waals surface area contributed by atoms with Gasteiger partial charge in [0.25, 0.3) is 0 Å². The number of hydrogen-bond donors (Lipinski definition) is 7. The Bertz CT molecular complexity index is 1830. The van der Waals surface area contributed by atoms with Gasteiger partial charge in [0.15, 0.2) is 12.6 Å². The SMILES string of the molecule is CC/C=C\C/C=C\C/C=C\C/C=C\C/C=C\C/C=C\C/C=C\CCCCOCC(COC1OC(COC2OC(CO)C(O)C(O)C2O)C(O)C(O)C1O)OC(=O)CCCCCCCCCCCC/C=C\C/C=C\C/C=C\CCCCCCC. The number of aliphatic hydroxyl groups is 7. The van der Waals surface area contributed by atoms with Gasteiger partial charge >= 0.3 is 5.97 Å². The molecule has 0 aromatic rings. The lowest BCUT2D eigenvalue weighted by Gasteiger charge is -2.42. The molecule has 2 heterocycles. The predicted octanol–water partition coefficient (Wildman–Crippen LogP) is 12.9. The summed E-state index contributed by atoms with van der Waals surface area (Å²) in [7, 11) is 0. The van der Waals surface area contributed by atoms with Gasteiger partial charge in [0.05, 0.1) is 26.4 Å². The van der Waals surface area contributed by atoms with Gasteiger partial charge in [-0.3, -0.25) is 4.79 Å². The zero-order valence-electron chi connectivity index (χ0n) is 51.1. The summed E-state index contributed by atoms with van der Waals surface area (Å²) in [6.07, 6.45) is 59.8. The van der Waals surface area contributed by atoms with Gasteiger partial charge in [-0.05, 0) is 109 Å². The largest absolute Gasteiger partial charge is 0.457 e. The average molecular weight is 1170 g/mol. The molecule has 83 heavy (non-hydrogen) atoms. The Morgan fingerprint density at radius 3 is 1.23 bits per heavy atom. The van der Waals surface area contributed by atoms with Crippen LogP contribution in [0.25, 0.3) is 0 Å². The minimum Gasteiger partial charge on any atom is -0.457 e. The van der Waals surface area contributed by atoms with E-state index in [0.717, 1.165) is 103 Å². The van der Waals surface area contributed by atoms with E-state index in [4.69, 9.17) is 28.4 Å². The molecule has 11 unspecified atom stereocenters. The summed E-state index contributed by atoms with van der Waals surface area (Å²) < 4.78 is 34.4. The third kappa shape index (κ3) is 39.7. The number of esters is 1. The van der Waals surface area contributed by atoms with E-state index in [1.807, 2.05) is 0 Å². The number of rotatable bonds is 51. The van der Waals surface area contributed by atoms with Gasteiger partial charge in [0.1, 0.15) is 54.9 Å². The van der Waals surface area contributed by atoms with Crippen LogP contribution in [-0.2, 0) is 33.2 Å². The molecule has 0 spiro atoms. The summed E-state index contributed by atoms with van der Waals surface area (Å²) in [6.45, 7) is 3.44. The fraction of sp³-hybridized carbons (Fsp3) is 0.696. The molecule has 0 aliphatic carbocycles. The number of unbranched alkanes of at least 4 members (excludes halogenated alkanes) is 17. The molecule has 14 nitrogen and oxygen atoms in total. The maximum Gasteiger partial charge on any atom is 0.306 e. The molecular formula is C69H114O14. The van der Waals surface area contributed by atoms with Crippen molar-refractivity contribution in [2.45, 2.75) is 274 Å². The van der Waals surface area contributed by atoms with Crippen molar-refractivity contribution in [3.05, 3.63) is 122 Å². The maximum atomic E-state index is 13.1. The highest BCUT2D eigenvalue weighted by Gasteiger charge is 2.47. The molecule has 0 saturated carbocycles. The van der Waals surface area contributed by atoms with E-state index in [1.54, 1.807) is 0 Å². The molecule has 0 aromatic heterocycles. The van der Waals surface area contributed by atoms with E-state index >= 15 is 0 Å². The van der Waals surface area contributed by atoms with Crippen LogP contribution in [0.5, 0.6) is 0 Å². The standard InChI is InChI=1S/C69H114O14/c1-3-5-7-9-11-13-15-17-19-21-23-25-27-29-30-32-34-36-38-40-42-44-46-48-50-52-61(71)81-58(56-79-68-67(77)65(75)63(73)60(83-68)57-80-69-66(76)64(74)62(72)59(54-70)82-69)55-78-53-51-49-47-45-43-41-39-37-35-33-31-28-26-24-22-20-18-16-14-12-10-8-6-4-2/h6,8,12,14-15,17-18,20-21,23-24,26-27,29,31,33,37,39,43,45,58-60,62-70,72-77H,3-5,7,9-11,13,16,19,22,25,28,30,32,34-36,38,40-42,44,46-57H2,1-2H3/b8-6-,14-12-,17-15-,20-18-,23-21-,26-24-,29-27-,33-31-,39-37-,45-43-. The van der Waals surface area contributed by atoms with Gasteiger partial charge in [0.2, 0.25) is 0 Å². The van der Waals surface area contributed by atoms with Crippen molar-refractivity contribution < 1.29 is 69.0 Å². The summed E-state index contributed by atoms with van der Waals surface area (Å²) >= 11 is 0. The Morgan fingerprint density at radius 1 is 0.410 bits per heavy atom. The van der Waals surface area contributed by atoms with Crippen LogP contribution in [0.2, 0.25) is 0 Å². The van der Waals surface area contributed by atoms with Gasteiger partial charge < -0.3 is 64.2 Å². The number of hydrogen-bond acceptors (Lipinski definition) is 14. The van der Waals surface area contributed by atoms with Gasteiger partial charge in [-0.15, -0.1) is 0 Å². The summed E-state index contributed by atoms with van der Waals surface area (Å²) in [5.74, 6) is -0.400. The number of carbonyl (C=O) groups excluding carboxylic acids is 1. The van der Waals surface area contributed by atoms with Gasteiger partial charge in [-0.2, -0.15) is 0 Å². The number of carbonyl (C=O) groups is 1. The molecule has 2 aliphatic heterocycles. The second kappa shape index (κ2) is 53.8.